The number of ether oxygens (including phenoxy) is 2. The minimum atomic E-state index is -4.67. The van der Waals surface area contributed by atoms with Gasteiger partial charge in [-0.2, -0.15) is 13.2 Å². The van der Waals surface area contributed by atoms with Gasteiger partial charge in [-0.1, -0.05) is 53.7 Å². The zero-order chi connectivity index (χ0) is 43.9. The van der Waals surface area contributed by atoms with Crippen molar-refractivity contribution >= 4 is 42.3 Å². The quantitative estimate of drug-likeness (QED) is 0.0324. The van der Waals surface area contributed by atoms with Crippen LogP contribution in [0.25, 0.3) is 33.6 Å². The molecule has 18 heteroatoms. The normalized spacial score (nSPS) is 12.4. The van der Waals surface area contributed by atoms with Crippen LogP contribution in [0.1, 0.15) is 53.8 Å². The number of imidazole rings is 1. The van der Waals surface area contributed by atoms with E-state index in [2.05, 4.69) is 51.8 Å². The molecule has 0 saturated heterocycles. The summed E-state index contributed by atoms with van der Waals surface area (Å²) in [6.07, 6.45) is -0.300. The molecule has 0 bridgehead atoms. The lowest BCUT2D eigenvalue weighted by Gasteiger charge is -2.42. The van der Waals surface area contributed by atoms with Crippen molar-refractivity contribution < 1.29 is 36.4 Å². The number of nitro groups is 1. The van der Waals surface area contributed by atoms with Gasteiger partial charge in [-0.15, -0.1) is 0 Å². The number of benzene rings is 2. The summed E-state index contributed by atoms with van der Waals surface area (Å²) in [6, 6.07) is 11.7. The second kappa shape index (κ2) is 19.6. The van der Waals surface area contributed by atoms with E-state index in [1.807, 2.05) is 47.8 Å². The molecule has 0 radical (unpaired) electrons. The molecule has 0 unspecified atom stereocenters. The lowest BCUT2D eigenvalue weighted by atomic mass is 10.1. The Morgan fingerprint density at radius 1 is 0.983 bits per heavy atom. The number of rotatable bonds is 21. The Morgan fingerprint density at radius 2 is 1.70 bits per heavy atom. The smallest absolute Gasteiger partial charge is 0.422 e. The number of nitro benzene ring substituents is 1. The molecular weight excluding hydrogens is 798 g/mol. The number of aromatic nitrogens is 4. The number of hydrogen-bond acceptors (Lipinski definition) is 12. The molecule has 0 spiro atoms. The van der Waals surface area contributed by atoms with Gasteiger partial charge in [-0.25, -0.2) is 15.0 Å². The van der Waals surface area contributed by atoms with Crippen molar-refractivity contribution in [2.24, 2.45) is 0 Å². The molecule has 3 aromatic heterocycles. The van der Waals surface area contributed by atoms with Gasteiger partial charge in [0.05, 0.1) is 34.0 Å². The SMILES string of the molecule is COCn1c(CCCO[Si](C(C)C)(C(C)C)C(C)C)nc(-c2ccc3ccoc3c2)c1-c1ccnc(Nc2cc([N+](=O)[O-])c(N(C)CCN(C)C)cc2OCC(F)(F)F)n1. The van der Waals surface area contributed by atoms with Gasteiger partial charge in [0.2, 0.25) is 5.95 Å². The van der Waals surface area contributed by atoms with E-state index in [9.17, 15) is 23.3 Å². The van der Waals surface area contributed by atoms with Gasteiger partial charge in [0.25, 0.3) is 5.69 Å². The summed E-state index contributed by atoms with van der Waals surface area (Å²) in [4.78, 5) is 29.6. The maximum absolute atomic E-state index is 13.5. The zero-order valence-electron chi connectivity index (χ0n) is 36.1. The van der Waals surface area contributed by atoms with Gasteiger partial charge in [0.1, 0.15) is 29.6 Å². The first kappa shape index (κ1) is 46.0. The minimum absolute atomic E-state index is 0.0442. The second-order valence-corrected chi connectivity index (χ2v) is 21.6. The molecule has 0 saturated carbocycles. The van der Waals surface area contributed by atoms with Crippen LogP contribution in [0, 0.1) is 10.1 Å². The Labute approximate surface area is 350 Å². The third-order valence-electron chi connectivity index (χ3n) is 10.7. The van der Waals surface area contributed by atoms with Crippen LogP contribution in [0.5, 0.6) is 5.75 Å². The van der Waals surface area contributed by atoms with Crippen LogP contribution >= 0.6 is 0 Å². The van der Waals surface area contributed by atoms with Crippen LogP contribution in [0.2, 0.25) is 16.6 Å². The monoisotopic (exact) mass is 854 g/mol. The number of hydrogen-bond donors (Lipinski definition) is 1. The highest BCUT2D eigenvalue weighted by Gasteiger charge is 2.45. The number of likely N-dealkylation sites (N-methyl/N-ethyl adjacent to an activating group) is 2. The van der Waals surface area contributed by atoms with E-state index in [1.54, 1.807) is 31.4 Å². The Bertz CT molecular complexity index is 2200. The van der Waals surface area contributed by atoms with Crippen LogP contribution in [0.15, 0.2) is 59.3 Å². The summed E-state index contributed by atoms with van der Waals surface area (Å²) >= 11 is 0. The van der Waals surface area contributed by atoms with Crippen molar-refractivity contribution in [3.05, 3.63) is 70.9 Å². The number of methoxy groups -OCH3 is 1. The molecule has 3 heterocycles. The zero-order valence-corrected chi connectivity index (χ0v) is 37.1. The van der Waals surface area contributed by atoms with Crippen molar-refractivity contribution in [3.63, 3.8) is 0 Å². The fourth-order valence-electron chi connectivity index (χ4n) is 8.03. The van der Waals surface area contributed by atoms with Crippen LogP contribution < -0.4 is 15.0 Å². The molecule has 5 rings (SSSR count). The maximum Gasteiger partial charge on any atom is 0.422 e. The van der Waals surface area contributed by atoms with E-state index >= 15 is 0 Å². The van der Waals surface area contributed by atoms with Crippen LogP contribution in [-0.2, 0) is 22.3 Å². The van der Waals surface area contributed by atoms with Gasteiger partial charge in [-0.05, 0) is 55.3 Å². The third kappa shape index (κ3) is 10.6. The summed E-state index contributed by atoms with van der Waals surface area (Å²) < 4.78 is 66.0. The lowest BCUT2D eigenvalue weighted by Crippen LogP contribution is -2.48. The number of alkyl halides is 3. The molecule has 14 nitrogen and oxygen atoms in total. The molecule has 326 valence electrons. The largest absolute Gasteiger partial charge is 0.482 e. The first-order chi connectivity index (χ1) is 28.4. The highest BCUT2D eigenvalue weighted by molar-refractivity contribution is 6.77. The van der Waals surface area contributed by atoms with E-state index in [-0.39, 0.29) is 35.5 Å². The maximum atomic E-state index is 13.5. The predicted molar refractivity (Wildman–Crippen MR) is 231 cm³/mol. The molecule has 1 N–H and O–H groups in total. The molecule has 0 fully saturated rings. The fourth-order valence-corrected chi connectivity index (χ4v) is 13.5. The Balaban J connectivity index is 1.58. The summed E-state index contributed by atoms with van der Waals surface area (Å²) in [5.41, 5.74) is 3.96. The highest BCUT2D eigenvalue weighted by atomic mass is 28.4. The van der Waals surface area contributed by atoms with E-state index in [1.165, 1.54) is 12.3 Å². The number of furan rings is 1. The molecule has 0 atom stereocenters. The van der Waals surface area contributed by atoms with Gasteiger partial charge in [0, 0.05) is 69.6 Å². The Kier molecular flexibility index (Phi) is 15.0. The topological polar surface area (TPSA) is 146 Å². The summed E-state index contributed by atoms with van der Waals surface area (Å²) in [7, 11) is 4.81. The van der Waals surface area contributed by atoms with Gasteiger partial charge < -0.3 is 38.0 Å². The summed E-state index contributed by atoms with van der Waals surface area (Å²) in [6.45, 7) is 13.5. The lowest BCUT2D eigenvalue weighted by molar-refractivity contribution is -0.384. The number of halogens is 3. The fraction of sp³-hybridized carbons (Fsp3) is 0.500. The number of nitrogens with zero attached hydrogens (tertiary/aromatic N) is 7. The second-order valence-electron chi connectivity index (χ2n) is 16.1. The first-order valence-electron chi connectivity index (χ1n) is 20.0. The molecule has 0 amide bonds. The Morgan fingerprint density at radius 3 is 2.33 bits per heavy atom. The molecule has 0 aliphatic rings. The van der Waals surface area contributed by atoms with Crippen LogP contribution in [-0.4, -0.2) is 98.4 Å². The van der Waals surface area contributed by atoms with Crippen LogP contribution in [0.3, 0.4) is 0 Å². The number of nitrogens with one attached hydrogen (secondary N) is 1. The van der Waals surface area contributed by atoms with Crippen molar-refractivity contribution in [1.29, 1.82) is 0 Å². The highest BCUT2D eigenvalue weighted by Crippen LogP contribution is 2.43. The minimum Gasteiger partial charge on any atom is -0.482 e. The first-order valence-corrected chi connectivity index (χ1v) is 22.2. The Hall–Kier alpha value is -5.04. The number of aryl methyl sites for hydroxylation is 1. The van der Waals surface area contributed by atoms with E-state index in [0.29, 0.717) is 71.8 Å². The average molecular weight is 855 g/mol. The molecule has 0 aliphatic carbocycles. The van der Waals surface area contributed by atoms with Gasteiger partial charge in [0.15, 0.2) is 14.9 Å². The van der Waals surface area contributed by atoms with Crippen molar-refractivity contribution in [2.75, 3.05) is 64.8 Å². The van der Waals surface area contributed by atoms with Crippen molar-refractivity contribution in [2.45, 2.75) is 83.9 Å². The summed E-state index contributed by atoms with van der Waals surface area (Å²) in [5.74, 6) is 0.424. The van der Waals surface area contributed by atoms with Gasteiger partial charge >= 0.3 is 6.18 Å². The van der Waals surface area contributed by atoms with Crippen LogP contribution in [0.4, 0.5) is 36.2 Å². The standard InChI is InChI=1S/C42H57F3N8O6Si/c1-27(2)60(28(3)4,29(5)6)59-20-11-12-38-49-39(31-14-13-30-16-21-57-36(30)22-31)40(52(38)26-56-10)32-15-17-46-41(47-32)48-33-23-35(53(54)55)34(51(9)19-18-50(7)8)24-37(33)58-25-42(43,44)45/h13-17,21-24,27-29H,11-12,18-20,25-26H2,1-10H3,(H,46,47,48). The third-order valence-corrected chi connectivity index (χ3v) is 16.9. The van der Waals surface area contributed by atoms with E-state index in [4.69, 9.17) is 28.3 Å². The van der Waals surface area contributed by atoms with E-state index in [0.717, 1.165) is 22.8 Å². The molecular formula is C42H57F3N8O6Si. The molecule has 2 aromatic carbocycles. The molecule has 0 aliphatic heterocycles. The predicted octanol–water partition coefficient (Wildman–Crippen LogP) is 10.1. The molecule has 5 aromatic rings. The van der Waals surface area contributed by atoms with Gasteiger partial charge in [-0.3, -0.25) is 10.1 Å². The summed E-state index contributed by atoms with van der Waals surface area (Å²) in [5, 5.41) is 16.2. The number of anilines is 3. The molecule has 60 heavy (non-hydrogen) atoms. The van der Waals surface area contributed by atoms with Crippen molar-refractivity contribution in [1.82, 2.24) is 24.4 Å². The number of fused-ring (bicyclic) bond motifs is 1. The average Bonchev–Trinajstić information content (AvgIpc) is 3.80. The van der Waals surface area contributed by atoms with Crippen molar-refractivity contribution in [3.8, 4) is 28.4 Å². The van der Waals surface area contributed by atoms with E-state index < -0.39 is 26.0 Å².